The van der Waals surface area contributed by atoms with Crippen LogP contribution in [0.1, 0.15) is 16.1 Å². The smallest absolute Gasteiger partial charge is 0.249 e. The maximum atomic E-state index is 11.6. The summed E-state index contributed by atoms with van der Waals surface area (Å²) in [7, 11) is 0. The Bertz CT molecular complexity index is 757. The molecule has 2 aromatic heterocycles. The Morgan fingerprint density at radius 3 is 2.80 bits per heavy atom. The third kappa shape index (κ3) is 1.99. The number of primary amides is 1. The second-order valence-electron chi connectivity index (χ2n) is 4.47. The molecule has 0 fully saturated rings. The van der Waals surface area contributed by atoms with Crippen molar-refractivity contribution in [3.05, 3.63) is 60.2 Å². The lowest BCUT2D eigenvalue weighted by Gasteiger charge is -2.08. The van der Waals surface area contributed by atoms with Crippen LogP contribution in [0, 0.1) is 6.92 Å². The predicted molar refractivity (Wildman–Crippen MR) is 74.5 cm³/mol. The van der Waals surface area contributed by atoms with Gasteiger partial charge in [-0.2, -0.15) is 5.10 Å². The van der Waals surface area contributed by atoms with Crippen molar-refractivity contribution in [2.45, 2.75) is 6.92 Å². The molecular weight excluding hydrogens is 254 g/mol. The van der Waals surface area contributed by atoms with Gasteiger partial charge in [0.2, 0.25) is 5.91 Å². The number of aryl methyl sites for hydroxylation is 1. The molecule has 0 saturated heterocycles. The minimum absolute atomic E-state index is 0.460. The summed E-state index contributed by atoms with van der Waals surface area (Å²) in [6.45, 7) is 1.90. The molecule has 0 atom stereocenters. The van der Waals surface area contributed by atoms with Gasteiger partial charge < -0.3 is 10.2 Å². The van der Waals surface area contributed by atoms with Gasteiger partial charge in [0.25, 0.3) is 0 Å². The van der Waals surface area contributed by atoms with Crippen molar-refractivity contribution in [3.63, 3.8) is 0 Å². The Kier molecular flexibility index (Phi) is 2.87. The Morgan fingerprint density at radius 2 is 2.10 bits per heavy atom. The van der Waals surface area contributed by atoms with E-state index in [1.165, 1.54) is 0 Å². The van der Waals surface area contributed by atoms with Gasteiger partial charge in [-0.3, -0.25) is 4.79 Å². The molecule has 20 heavy (non-hydrogen) atoms. The summed E-state index contributed by atoms with van der Waals surface area (Å²) in [5.41, 5.74) is 9.11. The van der Waals surface area contributed by atoms with Crippen molar-refractivity contribution in [1.82, 2.24) is 9.78 Å². The SMILES string of the molecule is Cc1cc(-c2ccccc2C(N)=O)n(-c2ccoc2)n1. The van der Waals surface area contributed by atoms with Gasteiger partial charge in [-0.25, -0.2) is 4.68 Å². The summed E-state index contributed by atoms with van der Waals surface area (Å²) in [5.74, 6) is -0.460. The standard InChI is InChI=1S/C15H13N3O2/c1-10-8-14(18(17-10)11-6-7-20-9-11)12-4-2-3-5-13(12)15(16)19/h2-9H,1H3,(H2,16,19). The number of carbonyl (C=O) groups is 1. The van der Waals surface area contributed by atoms with Crippen LogP contribution in [0.4, 0.5) is 0 Å². The molecule has 100 valence electrons. The lowest BCUT2D eigenvalue weighted by atomic mass is 10.0. The lowest BCUT2D eigenvalue weighted by molar-refractivity contribution is 0.100. The molecule has 1 aromatic carbocycles. The average Bonchev–Trinajstić information content (AvgIpc) is 3.07. The summed E-state index contributed by atoms with van der Waals surface area (Å²) in [5, 5.41) is 4.43. The monoisotopic (exact) mass is 267 g/mol. The first-order chi connectivity index (χ1) is 9.66. The van der Waals surface area contributed by atoms with Crippen LogP contribution < -0.4 is 5.73 Å². The van der Waals surface area contributed by atoms with Crippen molar-refractivity contribution in [2.75, 3.05) is 0 Å². The Hall–Kier alpha value is -2.82. The maximum Gasteiger partial charge on any atom is 0.249 e. The fraction of sp³-hybridized carbons (Fsp3) is 0.0667. The molecule has 3 aromatic rings. The number of hydrogen-bond acceptors (Lipinski definition) is 3. The molecular formula is C15H13N3O2. The van der Waals surface area contributed by atoms with Crippen molar-refractivity contribution < 1.29 is 9.21 Å². The fourth-order valence-electron chi connectivity index (χ4n) is 2.19. The van der Waals surface area contributed by atoms with Gasteiger partial charge in [0.15, 0.2) is 0 Å². The number of hydrogen-bond donors (Lipinski definition) is 1. The molecule has 0 aliphatic heterocycles. The Morgan fingerprint density at radius 1 is 1.30 bits per heavy atom. The highest BCUT2D eigenvalue weighted by molar-refractivity contribution is 5.99. The van der Waals surface area contributed by atoms with E-state index in [1.54, 1.807) is 29.3 Å². The normalized spacial score (nSPS) is 10.7. The van der Waals surface area contributed by atoms with Crippen LogP contribution in [0.3, 0.4) is 0 Å². The van der Waals surface area contributed by atoms with Crippen LogP contribution in [0.15, 0.2) is 53.3 Å². The predicted octanol–water partition coefficient (Wildman–Crippen LogP) is 2.54. The molecule has 0 bridgehead atoms. The zero-order valence-electron chi connectivity index (χ0n) is 10.9. The van der Waals surface area contributed by atoms with Crippen molar-refractivity contribution in [2.24, 2.45) is 5.73 Å². The minimum Gasteiger partial charge on any atom is -0.470 e. The number of aromatic nitrogens is 2. The van der Waals surface area contributed by atoms with Gasteiger partial charge >= 0.3 is 0 Å². The van der Waals surface area contributed by atoms with E-state index in [4.69, 9.17) is 10.2 Å². The summed E-state index contributed by atoms with van der Waals surface area (Å²) in [4.78, 5) is 11.6. The molecule has 2 N–H and O–H groups in total. The summed E-state index contributed by atoms with van der Waals surface area (Å²) >= 11 is 0. The molecule has 0 unspecified atom stereocenters. The lowest BCUT2D eigenvalue weighted by Crippen LogP contribution is -2.13. The average molecular weight is 267 g/mol. The van der Waals surface area contributed by atoms with Crippen molar-refractivity contribution >= 4 is 5.91 Å². The molecule has 0 aliphatic rings. The quantitative estimate of drug-likeness (QED) is 0.792. The highest BCUT2D eigenvalue weighted by atomic mass is 16.3. The zero-order chi connectivity index (χ0) is 14.1. The highest BCUT2D eigenvalue weighted by Gasteiger charge is 2.15. The van der Waals surface area contributed by atoms with Crippen LogP contribution >= 0.6 is 0 Å². The van der Waals surface area contributed by atoms with Crippen molar-refractivity contribution in [3.8, 4) is 16.9 Å². The molecule has 0 saturated carbocycles. The third-order valence-corrected chi connectivity index (χ3v) is 3.05. The van der Waals surface area contributed by atoms with E-state index in [-0.39, 0.29) is 0 Å². The summed E-state index contributed by atoms with van der Waals surface area (Å²) < 4.78 is 6.83. The second-order valence-corrected chi connectivity index (χ2v) is 4.47. The number of carbonyl (C=O) groups excluding carboxylic acids is 1. The summed E-state index contributed by atoms with van der Waals surface area (Å²) in [6, 6.07) is 10.9. The van der Waals surface area contributed by atoms with Gasteiger partial charge in [0, 0.05) is 17.2 Å². The maximum absolute atomic E-state index is 11.6. The largest absolute Gasteiger partial charge is 0.470 e. The van der Waals surface area contributed by atoms with E-state index >= 15 is 0 Å². The summed E-state index contributed by atoms with van der Waals surface area (Å²) in [6.07, 6.45) is 3.18. The van der Waals surface area contributed by atoms with Crippen LogP contribution in [0.2, 0.25) is 0 Å². The van der Waals surface area contributed by atoms with Gasteiger partial charge in [0.05, 0.1) is 17.7 Å². The molecule has 3 rings (SSSR count). The van der Waals surface area contributed by atoms with Gasteiger partial charge in [-0.15, -0.1) is 0 Å². The first kappa shape index (κ1) is 12.2. The first-order valence-electron chi connectivity index (χ1n) is 6.15. The first-order valence-corrected chi connectivity index (χ1v) is 6.15. The molecule has 5 nitrogen and oxygen atoms in total. The van der Waals surface area contributed by atoms with E-state index in [0.29, 0.717) is 5.56 Å². The van der Waals surface area contributed by atoms with Gasteiger partial charge in [-0.05, 0) is 19.1 Å². The molecule has 0 aliphatic carbocycles. The Balaban J connectivity index is 2.24. The molecule has 5 heteroatoms. The van der Waals surface area contributed by atoms with E-state index < -0.39 is 5.91 Å². The van der Waals surface area contributed by atoms with E-state index in [0.717, 1.165) is 22.6 Å². The number of furan rings is 1. The number of rotatable bonds is 3. The highest BCUT2D eigenvalue weighted by Crippen LogP contribution is 2.27. The van der Waals surface area contributed by atoms with Gasteiger partial charge in [0.1, 0.15) is 12.0 Å². The van der Waals surface area contributed by atoms with Crippen LogP contribution in [-0.2, 0) is 0 Å². The van der Waals surface area contributed by atoms with E-state index in [1.807, 2.05) is 31.2 Å². The molecule has 2 heterocycles. The third-order valence-electron chi connectivity index (χ3n) is 3.05. The Labute approximate surface area is 115 Å². The number of nitrogens with zero attached hydrogens (tertiary/aromatic N) is 2. The molecule has 0 radical (unpaired) electrons. The van der Waals surface area contributed by atoms with Crippen LogP contribution in [0.25, 0.3) is 16.9 Å². The molecule has 1 amide bonds. The number of benzene rings is 1. The fourth-order valence-corrected chi connectivity index (χ4v) is 2.19. The topological polar surface area (TPSA) is 74.1 Å². The van der Waals surface area contributed by atoms with Crippen LogP contribution in [-0.4, -0.2) is 15.7 Å². The second kappa shape index (κ2) is 4.70. The van der Waals surface area contributed by atoms with Crippen molar-refractivity contribution in [1.29, 1.82) is 0 Å². The number of amides is 1. The minimum atomic E-state index is -0.460. The number of nitrogens with two attached hydrogens (primary N) is 1. The van der Waals surface area contributed by atoms with E-state index in [9.17, 15) is 4.79 Å². The van der Waals surface area contributed by atoms with E-state index in [2.05, 4.69) is 5.10 Å². The molecule has 0 spiro atoms. The van der Waals surface area contributed by atoms with Crippen LogP contribution in [0.5, 0.6) is 0 Å². The van der Waals surface area contributed by atoms with Gasteiger partial charge in [-0.1, -0.05) is 18.2 Å². The zero-order valence-corrected chi connectivity index (χ0v) is 10.9.